The van der Waals surface area contributed by atoms with Gasteiger partial charge in [-0.05, 0) is 55.0 Å². The van der Waals surface area contributed by atoms with Gasteiger partial charge < -0.3 is 19.2 Å². The van der Waals surface area contributed by atoms with E-state index in [4.69, 9.17) is 9.47 Å². The number of carbonyl (C=O) groups excluding carboxylic acids is 1. The molecule has 1 N–H and O–H groups in total. The fraction of sp³-hybridized carbons (Fsp3) is 0.160. The summed E-state index contributed by atoms with van der Waals surface area (Å²) < 4.78 is 12.6. The number of carbonyl (C=O) groups is 1. The Kier molecular flexibility index (Phi) is 5.70. The van der Waals surface area contributed by atoms with Crippen molar-refractivity contribution >= 4 is 17.2 Å². The normalized spacial score (nSPS) is 11.8. The molecule has 0 saturated carbocycles. The summed E-state index contributed by atoms with van der Waals surface area (Å²) in [5.74, 6) is 0.484. The van der Waals surface area contributed by atoms with E-state index in [2.05, 4.69) is 17.4 Å². The largest absolute Gasteiger partial charge is 0.497 e. The van der Waals surface area contributed by atoms with Crippen molar-refractivity contribution in [2.45, 2.75) is 13.0 Å². The SMILES string of the molecule is CCOC(=O)c1cc([C@@H](Nc2ccc(OC)cc2)c2ccccc2)n2ccccc12. The van der Waals surface area contributed by atoms with Gasteiger partial charge in [-0.3, -0.25) is 0 Å². The summed E-state index contributed by atoms with van der Waals surface area (Å²) in [6.45, 7) is 2.15. The molecule has 0 bridgehead atoms. The maximum absolute atomic E-state index is 12.6. The molecule has 0 radical (unpaired) electrons. The van der Waals surface area contributed by atoms with Gasteiger partial charge in [0.15, 0.2) is 0 Å². The second-order valence-corrected chi connectivity index (χ2v) is 6.88. The predicted molar refractivity (Wildman–Crippen MR) is 118 cm³/mol. The Balaban J connectivity index is 1.82. The number of esters is 1. The number of anilines is 1. The smallest absolute Gasteiger partial charge is 0.340 e. The first-order chi connectivity index (χ1) is 14.7. The molecular weight excluding hydrogens is 376 g/mol. The Morgan fingerprint density at radius 3 is 2.43 bits per heavy atom. The Morgan fingerprint density at radius 1 is 1.00 bits per heavy atom. The lowest BCUT2D eigenvalue weighted by molar-refractivity contribution is 0.0528. The van der Waals surface area contributed by atoms with Crippen LogP contribution in [0, 0.1) is 0 Å². The van der Waals surface area contributed by atoms with Crippen molar-refractivity contribution in [2.75, 3.05) is 19.0 Å². The number of pyridine rings is 1. The van der Waals surface area contributed by atoms with Crippen LogP contribution in [0.25, 0.3) is 5.52 Å². The summed E-state index contributed by atoms with van der Waals surface area (Å²) in [5.41, 5.74) is 4.38. The Labute approximate surface area is 175 Å². The monoisotopic (exact) mass is 400 g/mol. The van der Waals surface area contributed by atoms with Crippen LogP contribution in [-0.2, 0) is 4.74 Å². The molecule has 2 aromatic heterocycles. The van der Waals surface area contributed by atoms with Crippen LogP contribution in [0.4, 0.5) is 5.69 Å². The summed E-state index contributed by atoms with van der Waals surface area (Å²) in [6, 6.07) is 25.6. The van der Waals surface area contributed by atoms with Crippen LogP contribution in [0.15, 0.2) is 85.1 Å². The van der Waals surface area contributed by atoms with Gasteiger partial charge in [0.05, 0.1) is 36.5 Å². The zero-order chi connectivity index (χ0) is 20.9. The Bertz CT molecular complexity index is 1130. The molecule has 0 unspecified atom stereocenters. The van der Waals surface area contributed by atoms with Crippen molar-refractivity contribution in [3.8, 4) is 5.75 Å². The number of nitrogens with zero attached hydrogens (tertiary/aromatic N) is 1. The average molecular weight is 400 g/mol. The molecule has 5 heteroatoms. The standard InChI is InChI=1S/C25H24N2O3/c1-3-30-25(28)21-17-23(27-16-8-7-11-22(21)27)24(18-9-5-4-6-10-18)26-19-12-14-20(29-2)15-13-19/h4-17,24,26H,3H2,1-2H3/t24-/m0/s1. The lowest BCUT2D eigenvalue weighted by Crippen LogP contribution is -2.14. The fourth-order valence-corrected chi connectivity index (χ4v) is 3.60. The van der Waals surface area contributed by atoms with Gasteiger partial charge in [0, 0.05) is 11.9 Å². The highest BCUT2D eigenvalue weighted by Crippen LogP contribution is 2.31. The molecule has 0 amide bonds. The lowest BCUT2D eigenvalue weighted by atomic mass is 10.0. The van der Waals surface area contributed by atoms with E-state index in [9.17, 15) is 4.79 Å². The first kappa shape index (κ1) is 19.6. The van der Waals surface area contributed by atoms with Crippen LogP contribution >= 0.6 is 0 Å². The molecule has 5 nitrogen and oxygen atoms in total. The van der Waals surface area contributed by atoms with Gasteiger partial charge >= 0.3 is 5.97 Å². The zero-order valence-electron chi connectivity index (χ0n) is 17.0. The highest BCUT2D eigenvalue weighted by molar-refractivity contribution is 5.97. The van der Waals surface area contributed by atoms with Gasteiger partial charge in [-0.25, -0.2) is 4.79 Å². The molecule has 0 fully saturated rings. The number of nitrogens with one attached hydrogen (secondary N) is 1. The van der Waals surface area contributed by atoms with Crippen molar-refractivity contribution in [2.24, 2.45) is 0 Å². The molecule has 0 aliphatic heterocycles. The number of hydrogen-bond donors (Lipinski definition) is 1. The number of fused-ring (bicyclic) bond motifs is 1. The van der Waals surface area contributed by atoms with E-state index in [1.54, 1.807) is 7.11 Å². The molecule has 4 rings (SSSR count). The Hall–Kier alpha value is -3.73. The fourth-order valence-electron chi connectivity index (χ4n) is 3.60. The van der Waals surface area contributed by atoms with E-state index >= 15 is 0 Å². The summed E-state index contributed by atoms with van der Waals surface area (Å²) in [7, 11) is 1.65. The van der Waals surface area contributed by atoms with Gasteiger partial charge in [0.2, 0.25) is 0 Å². The lowest BCUT2D eigenvalue weighted by Gasteiger charge is -2.21. The highest BCUT2D eigenvalue weighted by Gasteiger charge is 2.23. The third kappa shape index (κ3) is 3.87. The molecule has 2 heterocycles. The maximum Gasteiger partial charge on any atom is 0.340 e. The molecule has 2 aromatic carbocycles. The van der Waals surface area contributed by atoms with Crippen molar-refractivity contribution < 1.29 is 14.3 Å². The quantitative estimate of drug-likeness (QED) is 0.426. The third-order valence-corrected chi connectivity index (χ3v) is 5.03. The van der Waals surface area contributed by atoms with Crippen LogP contribution in [0.5, 0.6) is 5.75 Å². The molecule has 4 aromatic rings. The number of rotatable bonds is 7. The number of hydrogen-bond acceptors (Lipinski definition) is 4. The summed E-state index contributed by atoms with van der Waals surface area (Å²) >= 11 is 0. The molecule has 0 aliphatic carbocycles. The van der Waals surface area contributed by atoms with Crippen LogP contribution in [-0.4, -0.2) is 24.1 Å². The van der Waals surface area contributed by atoms with Crippen LogP contribution < -0.4 is 10.1 Å². The first-order valence-corrected chi connectivity index (χ1v) is 9.94. The number of methoxy groups -OCH3 is 1. The van der Waals surface area contributed by atoms with Gasteiger partial charge in [0.25, 0.3) is 0 Å². The van der Waals surface area contributed by atoms with E-state index in [0.29, 0.717) is 12.2 Å². The van der Waals surface area contributed by atoms with Crippen molar-refractivity contribution in [1.82, 2.24) is 4.40 Å². The molecule has 0 saturated heterocycles. The van der Waals surface area contributed by atoms with Crippen molar-refractivity contribution in [1.29, 1.82) is 0 Å². The molecule has 152 valence electrons. The molecule has 0 spiro atoms. The van der Waals surface area contributed by atoms with Crippen LogP contribution in [0.2, 0.25) is 0 Å². The van der Waals surface area contributed by atoms with E-state index in [1.165, 1.54) is 0 Å². The molecule has 30 heavy (non-hydrogen) atoms. The topological polar surface area (TPSA) is 52.0 Å². The van der Waals surface area contributed by atoms with E-state index in [0.717, 1.165) is 28.2 Å². The highest BCUT2D eigenvalue weighted by atomic mass is 16.5. The number of ether oxygens (including phenoxy) is 2. The Morgan fingerprint density at radius 2 is 1.73 bits per heavy atom. The minimum Gasteiger partial charge on any atom is -0.497 e. The summed E-state index contributed by atoms with van der Waals surface area (Å²) in [6.07, 6.45) is 1.97. The van der Waals surface area contributed by atoms with E-state index < -0.39 is 0 Å². The van der Waals surface area contributed by atoms with Gasteiger partial charge in [-0.1, -0.05) is 36.4 Å². The van der Waals surface area contributed by atoms with Crippen LogP contribution in [0.1, 0.15) is 34.6 Å². The minimum absolute atomic E-state index is 0.169. The number of aromatic nitrogens is 1. The second kappa shape index (κ2) is 8.74. The summed E-state index contributed by atoms with van der Waals surface area (Å²) in [4.78, 5) is 12.6. The maximum atomic E-state index is 12.6. The first-order valence-electron chi connectivity index (χ1n) is 9.94. The number of benzene rings is 2. The van der Waals surface area contributed by atoms with Gasteiger partial charge in [-0.2, -0.15) is 0 Å². The van der Waals surface area contributed by atoms with E-state index in [1.807, 2.05) is 84.3 Å². The van der Waals surface area contributed by atoms with Crippen molar-refractivity contribution in [3.63, 3.8) is 0 Å². The average Bonchev–Trinajstić information content (AvgIpc) is 3.18. The zero-order valence-corrected chi connectivity index (χ0v) is 17.0. The van der Waals surface area contributed by atoms with Gasteiger partial charge in [0.1, 0.15) is 5.75 Å². The third-order valence-electron chi connectivity index (χ3n) is 5.03. The van der Waals surface area contributed by atoms with Gasteiger partial charge in [-0.15, -0.1) is 0 Å². The molecule has 1 atom stereocenters. The second-order valence-electron chi connectivity index (χ2n) is 6.88. The van der Waals surface area contributed by atoms with Crippen molar-refractivity contribution in [3.05, 3.63) is 102 Å². The van der Waals surface area contributed by atoms with Crippen LogP contribution in [0.3, 0.4) is 0 Å². The summed E-state index contributed by atoms with van der Waals surface area (Å²) in [5, 5.41) is 3.61. The molecule has 0 aliphatic rings. The molecular formula is C25H24N2O3. The minimum atomic E-state index is -0.316. The van der Waals surface area contributed by atoms with E-state index in [-0.39, 0.29) is 12.0 Å². The predicted octanol–water partition coefficient (Wildman–Crippen LogP) is 5.33.